The van der Waals surface area contributed by atoms with Crippen molar-refractivity contribution in [3.63, 3.8) is 0 Å². The third-order valence-electron chi connectivity index (χ3n) is 2.20. The lowest BCUT2D eigenvalue weighted by Crippen LogP contribution is -2.25. The molecule has 4 heteroatoms. The molecule has 16 heavy (non-hydrogen) atoms. The van der Waals surface area contributed by atoms with E-state index in [1.165, 1.54) is 0 Å². The fraction of sp³-hybridized carbons (Fsp3) is 0.417. The molecule has 0 aliphatic heterocycles. The fourth-order valence-corrected chi connectivity index (χ4v) is 1.81. The number of halogens is 1. The van der Waals surface area contributed by atoms with Crippen LogP contribution in [0.1, 0.15) is 18.9 Å². The molecule has 0 atom stereocenters. The van der Waals surface area contributed by atoms with Gasteiger partial charge >= 0.3 is 0 Å². The van der Waals surface area contributed by atoms with Gasteiger partial charge < -0.3 is 10.0 Å². The van der Waals surface area contributed by atoms with Gasteiger partial charge in [-0.15, -0.1) is 6.58 Å². The smallest absolute Gasteiger partial charge is 0.147 e. The zero-order valence-corrected chi connectivity index (χ0v) is 10.2. The van der Waals surface area contributed by atoms with Crippen LogP contribution in [0.2, 0.25) is 5.02 Å². The van der Waals surface area contributed by atoms with E-state index in [1.54, 1.807) is 12.3 Å². The van der Waals surface area contributed by atoms with Gasteiger partial charge in [0.05, 0.1) is 11.6 Å². The number of pyridine rings is 1. The highest BCUT2D eigenvalue weighted by Crippen LogP contribution is 2.24. The molecule has 0 saturated heterocycles. The van der Waals surface area contributed by atoms with Crippen LogP contribution in [0.5, 0.6) is 0 Å². The van der Waals surface area contributed by atoms with Crippen molar-refractivity contribution < 1.29 is 5.11 Å². The molecule has 0 saturated carbocycles. The van der Waals surface area contributed by atoms with E-state index < -0.39 is 0 Å². The van der Waals surface area contributed by atoms with Gasteiger partial charge in [-0.3, -0.25) is 0 Å². The summed E-state index contributed by atoms with van der Waals surface area (Å²) in [5, 5.41) is 9.54. The summed E-state index contributed by atoms with van der Waals surface area (Å²) in [6, 6.07) is 1.75. The second kappa shape index (κ2) is 6.51. The first kappa shape index (κ1) is 13.0. The molecule has 1 heterocycles. The van der Waals surface area contributed by atoms with E-state index in [0.717, 1.165) is 30.9 Å². The van der Waals surface area contributed by atoms with Gasteiger partial charge in [0.25, 0.3) is 0 Å². The molecule has 3 nitrogen and oxygen atoms in total. The van der Waals surface area contributed by atoms with Crippen LogP contribution in [0.25, 0.3) is 0 Å². The molecule has 0 bridgehead atoms. The minimum Gasteiger partial charge on any atom is -0.392 e. The normalized spacial score (nSPS) is 10.2. The van der Waals surface area contributed by atoms with Crippen LogP contribution in [0, 0.1) is 0 Å². The van der Waals surface area contributed by atoms with Crippen LogP contribution < -0.4 is 4.90 Å². The molecule has 0 aliphatic rings. The first-order chi connectivity index (χ1) is 7.72. The van der Waals surface area contributed by atoms with Crippen molar-refractivity contribution >= 4 is 17.4 Å². The molecule has 1 N–H and O–H groups in total. The second-order valence-electron chi connectivity index (χ2n) is 3.54. The van der Waals surface area contributed by atoms with Crippen molar-refractivity contribution in [2.45, 2.75) is 20.0 Å². The largest absolute Gasteiger partial charge is 0.392 e. The van der Waals surface area contributed by atoms with Crippen molar-refractivity contribution in [1.82, 2.24) is 4.98 Å². The summed E-state index contributed by atoms with van der Waals surface area (Å²) >= 11 is 6.12. The number of hydrogen-bond donors (Lipinski definition) is 1. The Morgan fingerprint density at radius 2 is 2.38 bits per heavy atom. The molecule has 0 aromatic carbocycles. The van der Waals surface area contributed by atoms with Gasteiger partial charge in [0.15, 0.2) is 0 Å². The van der Waals surface area contributed by atoms with Crippen molar-refractivity contribution in [3.8, 4) is 0 Å². The highest BCUT2D eigenvalue weighted by atomic mass is 35.5. The number of hydrogen-bond acceptors (Lipinski definition) is 3. The zero-order valence-electron chi connectivity index (χ0n) is 9.49. The number of anilines is 1. The Balaban J connectivity index is 2.94. The number of aromatic nitrogens is 1. The van der Waals surface area contributed by atoms with E-state index >= 15 is 0 Å². The molecule has 0 unspecified atom stereocenters. The van der Waals surface area contributed by atoms with Crippen molar-refractivity contribution in [2.75, 3.05) is 18.0 Å². The lowest BCUT2D eigenvalue weighted by Gasteiger charge is -2.22. The Labute approximate surface area is 101 Å². The zero-order chi connectivity index (χ0) is 12.0. The van der Waals surface area contributed by atoms with E-state index in [-0.39, 0.29) is 6.61 Å². The number of aliphatic hydroxyl groups excluding tert-OH is 1. The highest BCUT2D eigenvalue weighted by Gasteiger charge is 2.10. The van der Waals surface area contributed by atoms with Crippen LogP contribution in [-0.4, -0.2) is 23.2 Å². The topological polar surface area (TPSA) is 36.4 Å². The van der Waals surface area contributed by atoms with Crippen LogP contribution in [0.4, 0.5) is 5.82 Å². The molecule has 1 rings (SSSR count). The predicted molar refractivity (Wildman–Crippen MR) is 67.9 cm³/mol. The van der Waals surface area contributed by atoms with Gasteiger partial charge in [-0.1, -0.05) is 24.6 Å². The summed E-state index contributed by atoms with van der Waals surface area (Å²) in [6.45, 7) is 7.39. The van der Waals surface area contributed by atoms with Crippen LogP contribution >= 0.6 is 11.6 Å². The quantitative estimate of drug-likeness (QED) is 0.777. The summed E-state index contributed by atoms with van der Waals surface area (Å²) in [7, 11) is 0. The lowest BCUT2D eigenvalue weighted by molar-refractivity contribution is 0.281. The van der Waals surface area contributed by atoms with Gasteiger partial charge in [0.2, 0.25) is 0 Å². The summed E-state index contributed by atoms with van der Waals surface area (Å²) in [4.78, 5) is 6.34. The molecule has 0 spiro atoms. The number of rotatable bonds is 6. The third-order valence-corrected chi connectivity index (χ3v) is 2.48. The average Bonchev–Trinajstić information content (AvgIpc) is 2.29. The first-order valence-corrected chi connectivity index (χ1v) is 5.71. The maximum atomic E-state index is 8.97. The van der Waals surface area contributed by atoms with Crippen molar-refractivity contribution in [3.05, 3.63) is 35.5 Å². The standard InChI is InChI=1S/C12H17ClN2O/c1-3-5-15(6-4-2)12-11(13)7-10(9-16)8-14-12/h3,7-8,16H,1,4-6,9H2,2H3. The molecule has 88 valence electrons. The van der Waals surface area contributed by atoms with Gasteiger partial charge in [0.1, 0.15) is 5.82 Å². The van der Waals surface area contributed by atoms with Gasteiger partial charge in [-0.2, -0.15) is 0 Å². The minimum absolute atomic E-state index is 0.0394. The molecule has 1 aromatic heterocycles. The molecule has 1 aromatic rings. The van der Waals surface area contributed by atoms with Crippen LogP contribution in [0.15, 0.2) is 24.9 Å². The average molecular weight is 241 g/mol. The minimum atomic E-state index is -0.0394. The summed E-state index contributed by atoms with van der Waals surface area (Å²) in [5.41, 5.74) is 0.726. The van der Waals surface area contributed by atoms with E-state index in [2.05, 4.69) is 23.4 Å². The molecule has 0 radical (unpaired) electrons. The van der Waals surface area contributed by atoms with Gasteiger partial charge in [-0.05, 0) is 18.1 Å². The Hall–Kier alpha value is -1.06. The second-order valence-corrected chi connectivity index (χ2v) is 3.95. The molecule has 0 amide bonds. The molecular formula is C12H17ClN2O. The Morgan fingerprint density at radius 1 is 1.62 bits per heavy atom. The fourth-order valence-electron chi connectivity index (χ4n) is 1.50. The molecular weight excluding hydrogens is 224 g/mol. The van der Waals surface area contributed by atoms with E-state index in [4.69, 9.17) is 16.7 Å². The first-order valence-electron chi connectivity index (χ1n) is 5.34. The molecule has 0 aliphatic carbocycles. The molecule has 0 fully saturated rings. The third kappa shape index (κ3) is 3.22. The van der Waals surface area contributed by atoms with Crippen LogP contribution in [-0.2, 0) is 6.61 Å². The van der Waals surface area contributed by atoms with Crippen LogP contribution in [0.3, 0.4) is 0 Å². The monoisotopic (exact) mass is 240 g/mol. The van der Waals surface area contributed by atoms with E-state index in [1.807, 2.05) is 6.08 Å². The van der Waals surface area contributed by atoms with Gasteiger partial charge in [0, 0.05) is 19.3 Å². The van der Waals surface area contributed by atoms with Crippen molar-refractivity contribution in [1.29, 1.82) is 0 Å². The van der Waals surface area contributed by atoms with E-state index in [0.29, 0.717) is 5.02 Å². The Bertz CT molecular complexity index is 355. The highest BCUT2D eigenvalue weighted by molar-refractivity contribution is 6.33. The SMILES string of the molecule is C=CCN(CCC)c1ncc(CO)cc1Cl. The Kier molecular flexibility index (Phi) is 5.29. The number of nitrogens with zero attached hydrogens (tertiary/aromatic N) is 2. The summed E-state index contributed by atoms with van der Waals surface area (Å²) in [5.74, 6) is 0.751. The van der Waals surface area contributed by atoms with Crippen molar-refractivity contribution in [2.24, 2.45) is 0 Å². The lowest BCUT2D eigenvalue weighted by atomic mass is 10.3. The predicted octanol–water partition coefficient (Wildman–Crippen LogP) is 2.63. The maximum Gasteiger partial charge on any atom is 0.147 e. The summed E-state index contributed by atoms with van der Waals surface area (Å²) < 4.78 is 0. The number of aliphatic hydroxyl groups is 1. The van der Waals surface area contributed by atoms with E-state index in [9.17, 15) is 0 Å². The van der Waals surface area contributed by atoms with Gasteiger partial charge in [-0.25, -0.2) is 4.98 Å². The summed E-state index contributed by atoms with van der Waals surface area (Å²) in [6.07, 6.45) is 4.49. The Morgan fingerprint density at radius 3 is 2.88 bits per heavy atom. The maximum absolute atomic E-state index is 8.97.